The van der Waals surface area contributed by atoms with Crippen LogP contribution in [0, 0.1) is 5.92 Å². The van der Waals surface area contributed by atoms with Crippen LogP contribution in [0.1, 0.15) is 44.9 Å². The molecule has 315 valence electrons. The number of nitrogens with one attached hydrogen (secondary N) is 6. The van der Waals surface area contributed by atoms with Crippen molar-refractivity contribution in [2.45, 2.75) is 81.2 Å². The predicted molar refractivity (Wildman–Crippen MR) is 185 cm³/mol. The van der Waals surface area contributed by atoms with E-state index in [2.05, 4.69) is 26.6 Å². The van der Waals surface area contributed by atoms with E-state index in [1.54, 1.807) is 0 Å². The van der Waals surface area contributed by atoms with Gasteiger partial charge in [0.25, 0.3) is 5.92 Å². The highest BCUT2D eigenvalue weighted by Gasteiger charge is 2.41. The van der Waals surface area contributed by atoms with Gasteiger partial charge in [0.1, 0.15) is 30.2 Å². The number of rotatable bonds is 29. The number of amides is 8. The number of hydrogen-bond donors (Lipinski definition) is 15. The van der Waals surface area contributed by atoms with Crippen molar-refractivity contribution in [1.29, 1.82) is 0 Å². The maximum Gasteiger partial charge on any atom is 0.331 e. The van der Waals surface area contributed by atoms with Gasteiger partial charge in [-0.3, -0.25) is 52.7 Å². The quantitative estimate of drug-likeness (QED) is 0.0246. The fourth-order valence-corrected chi connectivity index (χ4v) is 4.55. The van der Waals surface area contributed by atoms with E-state index in [0.717, 1.165) is 0 Å². The molecule has 1 radical (unpaired) electrons. The zero-order chi connectivity index (χ0) is 43.1. The van der Waals surface area contributed by atoms with Gasteiger partial charge < -0.3 is 80.4 Å². The summed E-state index contributed by atoms with van der Waals surface area (Å²) in [6.45, 7) is -3.73. The molecule has 0 spiro atoms. The highest BCUT2D eigenvalue weighted by atomic mass is 16.4. The number of primary amides is 2. The molecule has 0 aromatic rings. The Labute approximate surface area is 318 Å². The molecule has 26 heteroatoms. The van der Waals surface area contributed by atoms with Crippen LogP contribution < -0.4 is 54.8 Å². The van der Waals surface area contributed by atoms with Gasteiger partial charge in [-0.25, -0.2) is 0 Å². The van der Waals surface area contributed by atoms with Crippen molar-refractivity contribution in [2.75, 3.05) is 32.9 Å². The number of carboxylic acids is 2. The van der Waals surface area contributed by atoms with Crippen molar-refractivity contribution in [3.63, 3.8) is 0 Å². The minimum atomic E-state index is -2.10. The van der Waals surface area contributed by atoms with Gasteiger partial charge in [-0.2, -0.15) is 0 Å². The SMILES string of the molecule is NCCCC[C@H](NC(=O)[C@H](CCC(N)=O)NC(=O)[C@H](CO)NC(=O)[C@H](CO)NC(=O)[C@H](CCC(N)=O)NC(=O)[C@H](CO)NC(=O)CN)C(=O)[C](C(=O)O)C(=O)O. The number of carboxylic acid groups (broad SMARTS) is 2. The van der Waals surface area contributed by atoms with Gasteiger partial charge in [0, 0.05) is 12.8 Å². The third kappa shape index (κ3) is 18.0. The normalized spacial score (nSPS) is 14.0. The van der Waals surface area contributed by atoms with E-state index in [1.165, 1.54) is 0 Å². The molecule has 0 aromatic carbocycles. The highest BCUT2D eigenvalue weighted by Crippen LogP contribution is 2.13. The summed E-state index contributed by atoms with van der Waals surface area (Å²) >= 11 is 0. The van der Waals surface area contributed by atoms with Gasteiger partial charge in [-0.05, 0) is 38.6 Å². The Bertz CT molecular complexity index is 1430. The van der Waals surface area contributed by atoms with E-state index < -0.39 is 159 Å². The topological polar surface area (TPSA) is 465 Å². The average molecular weight is 806 g/mol. The molecule has 0 saturated carbocycles. The van der Waals surface area contributed by atoms with Gasteiger partial charge in [0.15, 0.2) is 5.78 Å². The van der Waals surface area contributed by atoms with Crippen molar-refractivity contribution in [3.8, 4) is 0 Å². The summed E-state index contributed by atoms with van der Waals surface area (Å²) in [6.07, 6.45) is -2.01. The third-order valence-corrected chi connectivity index (χ3v) is 7.53. The maximum atomic E-state index is 13.3. The summed E-state index contributed by atoms with van der Waals surface area (Å²) in [5.74, 6) is -16.2. The van der Waals surface area contributed by atoms with Crippen LogP contribution in [0.5, 0.6) is 0 Å². The second-order valence-corrected chi connectivity index (χ2v) is 11.8. The number of aliphatic hydroxyl groups excluding tert-OH is 3. The molecule has 0 saturated heterocycles. The molecule has 6 atom stereocenters. The molecule has 0 unspecified atom stereocenters. The van der Waals surface area contributed by atoms with E-state index in [0.29, 0.717) is 0 Å². The van der Waals surface area contributed by atoms with Gasteiger partial charge in [-0.1, -0.05) is 0 Å². The number of carbonyl (C=O) groups is 11. The summed E-state index contributed by atoms with van der Waals surface area (Å²) in [6, 6.07) is -10.7. The number of carbonyl (C=O) groups excluding carboxylic acids is 9. The Morgan fingerprint density at radius 1 is 0.464 bits per heavy atom. The van der Waals surface area contributed by atoms with E-state index in [-0.39, 0.29) is 25.8 Å². The van der Waals surface area contributed by atoms with Crippen molar-refractivity contribution in [3.05, 3.63) is 5.92 Å². The number of aliphatic carboxylic acids is 2. The molecule has 0 fully saturated rings. The molecule has 8 amide bonds. The lowest BCUT2D eigenvalue weighted by molar-refractivity contribution is -0.148. The largest absolute Gasteiger partial charge is 0.480 e. The van der Waals surface area contributed by atoms with Gasteiger partial charge in [0.05, 0.1) is 32.4 Å². The van der Waals surface area contributed by atoms with Crippen LogP contribution in [-0.4, -0.2) is 160 Å². The molecule has 0 bridgehead atoms. The Kier molecular flexibility index (Phi) is 23.3. The number of Topliss-reactive ketones (excluding diaryl/α,β-unsaturated/α-hetero) is 1. The van der Waals surface area contributed by atoms with Gasteiger partial charge >= 0.3 is 11.9 Å². The van der Waals surface area contributed by atoms with Crippen molar-refractivity contribution in [1.82, 2.24) is 31.9 Å². The molecule has 0 aliphatic rings. The Morgan fingerprint density at radius 2 is 0.804 bits per heavy atom. The summed E-state index contributed by atoms with van der Waals surface area (Å²) in [5.41, 5.74) is 20.9. The first kappa shape index (κ1) is 50.2. The molecule has 0 rings (SSSR count). The summed E-state index contributed by atoms with van der Waals surface area (Å²) in [5, 5.41) is 60.2. The fraction of sp³-hybridized carbons (Fsp3) is 0.600. The fourth-order valence-electron chi connectivity index (χ4n) is 4.55. The first-order valence-corrected chi connectivity index (χ1v) is 16.8. The van der Waals surface area contributed by atoms with Gasteiger partial charge in [0.2, 0.25) is 47.3 Å². The summed E-state index contributed by atoms with van der Waals surface area (Å²) in [4.78, 5) is 135. The molecule has 19 N–H and O–H groups in total. The molecular weight excluding hydrogens is 756 g/mol. The zero-order valence-corrected chi connectivity index (χ0v) is 30.0. The summed E-state index contributed by atoms with van der Waals surface area (Å²) < 4.78 is 0. The second kappa shape index (κ2) is 26.1. The van der Waals surface area contributed by atoms with Crippen LogP contribution in [0.25, 0.3) is 0 Å². The first-order valence-electron chi connectivity index (χ1n) is 16.8. The van der Waals surface area contributed by atoms with E-state index in [1.807, 2.05) is 5.32 Å². The number of hydrogen-bond acceptors (Lipinski definition) is 16. The molecular formula is C30H49N10O16. The number of unbranched alkanes of at least 4 members (excludes halogenated alkanes) is 1. The third-order valence-electron chi connectivity index (χ3n) is 7.53. The van der Waals surface area contributed by atoms with E-state index in [4.69, 9.17) is 22.9 Å². The number of ketones is 1. The van der Waals surface area contributed by atoms with Gasteiger partial charge in [-0.15, -0.1) is 0 Å². The van der Waals surface area contributed by atoms with Crippen LogP contribution in [0.2, 0.25) is 0 Å². The van der Waals surface area contributed by atoms with Crippen molar-refractivity contribution in [2.24, 2.45) is 22.9 Å². The minimum absolute atomic E-state index is 0.105. The van der Waals surface area contributed by atoms with Crippen LogP contribution >= 0.6 is 0 Å². The molecule has 0 aromatic heterocycles. The van der Waals surface area contributed by atoms with E-state index >= 15 is 0 Å². The monoisotopic (exact) mass is 805 g/mol. The molecule has 0 aliphatic heterocycles. The standard InChI is InChI=1S/C30H49N10O16/c31-8-2-1-3-13(23(47)22(29(53)54)30(55)56)36-24(48)14(4-6-19(33)44)38-27(51)17(11-42)40-28(52)18(12-43)39-25(49)15(5-7-20(34)45)37-26(50)16(10-41)35-21(46)9-32/h13-18,41-43H,1-12,31-32H2,(H2,33,44)(H2,34,45)(H,35,46)(H,36,48)(H,37,50)(H,38,51)(H,39,49)(H,40,52)(H,53,54)(H,55,56)/t13-,14-,15-,16-,17-,18-/m0/s1. The first-order chi connectivity index (χ1) is 26.3. The van der Waals surface area contributed by atoms with Crippen molar-refractivity contribution >= 4 is 65.0 Å². The maximum absolute atomic E-state index is 13.3. The molecule has 0 heterocycles. The van der Waals surface area contributed by atoms with Crippen LogP contribution in [-0.2, 0) is 52.7 Å². The lowest BCUT2D eigenvalue weighted by Crippen LogP contribution is -2.61. The summed E-state index contributed by atoms with van der Waals surface area (Å²) in [7, 11) is 0. The Hall–Kier alpha value is -5.83. The molecule has 0 aliphatic carbocycles. The second-order valence-electron chi connectivity index (χ2n) is 11.8. The van der Waals surface area contributed by atoms with E-state index in [9.17, 15) is 78.3 Å². The smallest absolute Gasteiger partial charge is 0.331 e. The molecule has 56 heavy (non-hydrogen) atoms. The van der Waals surface area contributed by atoms with Crippen LogP contribution in [0.4, 0.5) is 0 Å². The lowest BCUT2D eigenvalue weighted by atomic mass is 9.94. The number of aliphatic hydroxyl groups is 3. The van der Waals surface area contributed by atoms with Crippen LogP contribution in [0.3, 0.4) is 0 Å². The molecule has 26 nitrogen and oxygen atoms in total. The number of nitrogens with two attached hydrogens (primary N) is 4. The zero-order valence-electron chi connectivity index (χ0n) is 30.0. The predicted octanol–water partition coefficient (Wildman–Crippen LogP) is -9.20. The highest BCUT2D eigenvalue weighted by molar-refractivity contribution is 6.31. The van der Waals surface area contributed by atoms with Crippen LogP contribution in [0.15, 0.2) is 0 Å². The minimum Gasteiger partial charge on any atom is -0.480 e. The average Bonchev–Trinajstić information content (AvgIpc) is 3.13. The Balaban J connectivity index is 6.13. The van der Waals surface area contributed by atoms with Crippen molar-refractivity contribution < 1.29 is 78.3 Å². The lowest BCUT2D eigenvalue weighted by Gasteiger charge is -2.26. The Morgan fingerprint density at radius 3 is 1.12 bits per heavy atom.